The molecule has 0 radical (unpaired) electrons. The lowest BCUT2D eigenvalue weighted by Crippen LogP contribution is -2.00. The van der Waals surface area contributed by atoms with Crippen LogP contribution in [0.25, 0.3) is 0 Å². The molecule has 7 heavy (non-hydrogen) atoms. The second kappa shape index (κ2) is 2.25. The molecule has 1 unspecified atom stereocenters. The number of hydrogen-bond donors (Lipinski definition) is 0. The topological polar surface area (TPSA) is 0 Å². The number of hydrogen-bond acceptors (Lipinski definition) is 0. The summed E-state index contributed by atoms with van der Waals surface area (Å²) in [6, 6.07) is 0. The van der Waals surface area contributed by atoms with E-state index < -0.39 is 0 Å². The van der Waals surface area contributed by atoms with Crippen LogP contribution in [-0.4, -0.2) is 0 Å². The Morgan fingerprint density at radius 3 is 2.57 bits per heavy atom. The van der Waals surface area contributed by atoms with Crippen molar-refractivity contribution in [1.29, 1.82) is 0 Å². The number of rotatable bonds is 0. The molecule has 1 saturated carbocycles. The van der Waals surface area contributed by atoms with Gasteiger partial charge >= 0.3 is 0 Å². The van der Waals surface area contributed by atoms with Gasteiger partial charge in [0.1, 0.15) is 0 Å². The van der Waals surface area contributed by atoms with Gasteiger partial charge in [0.25, 0.3) is 0 Å². The van der Waals surface area contributed by atoms with Gasteiger partial charge in [-0.05, 0) is 26.2 Å². The first-order valence-electron chi connectivity index (χ1n) is 3.23. The molecular weight excluding hydrogens is 84.1 g/mol. The summed E-state index contributed by atoms with van der Waals surface area (Å²) in [5.74, 6) is 0.911. The van der Waals surface area contributed by atoms with Gasteiger partial charge in [0, 0.05) is 0 Å². The van der Waals surface area contributed by atoms with Gasteiger partial charge in [-0.2, -0.15) is 0 Å². The van der Waals surface area contributed by atoms with Crippen molar-refractivity contribution >= 4 is 0 Å². The Hall–Kier alpha value is -0.130. The fraction of sp³-hybridized carbons (Fsp3) is 0.857. The second-order valence-electron chi connectivity index (χ2n) is 2.50. The minimum Gasteiger partial charge on any atom is -0.0449 e. The van der Waals surface area contributed by atoms with E-state index >= 15 is 0 Å². The van der Waals surface area contributed by atoms with Crippen LogP contribution < -0.4 is 0 Å². The summed E-state index contributed by atoms with van der Waals surface area (Å²) in [7, 11) is 0. The van der Waals surface area contributed by atoms with Crippen molar-refractivity contribution in [3.8, 4) is 0 Å². The highest BCUT2D eigenvalue weighted by Gasteiger charge is 2.14. The third kappa shape index (κ3) is 1.42. The van der Waals surface area contributed by atoms with Crippen LogP contribution in [-0.2, 0) is 0 Å². The molecule has 0 saturated heterocycles. The molecule has 40 valence electrons. The normalized spacial score (nSPS) is 31.9. The highest BCUT2D eigenvalue weighted by molar-refractivity contribution is 4.76. The van der Waals surface area contributed by atoms with Crippen LogP contribution in [0.1, 0.15) is 32.6 Å². The molecule has 0 aliphatic heterocycles. The largest absolute Gasteiger partial charge is 0.0949 e. The Labute approximate surface area is 45.9 Å². The van der Waals surface area contributed by atoms with Crippen molar-refractivity contribution < 1.29 is 0 Å². The minimum atomic E-state index is 0.911. The molecule has 1 aliphatic rings. The molecule has 0 bridgehead atoms. The Morgan fingerprint density at radius 2 is 2.29 bits per heavy atom. The van der Waals surface area contributed by atoms with E-state index in [4.69, 9.17) is 0 Å². The van der Waals surface area contributed by atoms with Crippen molar-refractivity contribution in [3.05, 3.63) is 6.42 Å². The first-order chi connectivity index (χ1) is 3.39. The fourth-order valence-electron chi connectivity index (χ4n) is 1.13. The molecule has 1 fully saturated rings. The smallest absolute Gasteiger partial charge is 0.0449 e. The zero-order valence-electron chi connectivity index (χ0n) is 4.98. The molecule has 0 spiro atoms. The summed E-state index contributed by atoms with van der Waals surface area (Å²) in [6.45, 7) is 2.30. The van der Waals surface area contributed by atoms with E-state index in [1.165, 1.54) is 25.7 Å². The first-order valence-corrected chi connectivity index (χ1v) is 3.23. The van der Waals surface area contributed by atoms with Crippen molar-refractivity contribution in [2.24, 2.45) is 5.92 Å². The van der Waals surface area contributed by atoms with Gasteiger partial charge in [-0.1, -0.05) is 0 Å². The van der Waals surface area contributed by atoms with E-state index in [-0.39, 0.29) is 0 Å². The summed E-state index contributed by atoms with van der Waals surface area (Å²) in [4.78, 5) is 0. The molecule has 1 aliphatic carbocycles. The maximum atomic E-state index is 2.43. The van der Waals surface area contributed by atoms with E-state index in [0.717, 1.165) is 5.92 Å². The first kappa shape index (κ1) is 5.02. The van der Waals surface area contributed by atoms with Crippen LogP contribution >= 0.6 is 0 Å². The molecule has 0 aromatic carbocycles. The minimum absolute atomic E-state index is 0.911. The van der Waals surface area contributed by atoms with Gasteiger partial charge in [0.2, 0.25) is 0 Å². The van der Waals surface area contributed by atoms with Crippen LogP contribution in [0.4, 0.5) is 0 Å². The summed E-state index contributed by atoms with van der Waals surface area (Å²) in [6.07, 6.45) is 8.12. The zero-order valence-corrected chi connectivity index (χ0v) is 4.98. The van der Waals surface area contributed by atoms with Crippen molar-refractivity contribution in [3.63, 3.8) is 0 Å². The molecule has 0 nitrogen and oxygen atoms in total. The Morgan fingerprint density at radius 1 is 1.43 bits per heavy atom. The highest BCUT2D eigenvalue weighted by Crippen LogP contribution is 2.20. The van der Waals surface area contributed by atoms with E-state index in [2.05, 4.69) is 13.3 Å². The molecule has 0 N–H and O–H groups in total. The maximum absolute atomic E-state index is 2.43. The summed E-state index contributed by atoms with van der Waals surface area (Å²) >= 11 is 0. The van der Waals surface area contributed by atoms with E-state index in [1.54, 1.807) is 0 Å². The quantitative estimate of drug-likeness (QED) is 0.407. The van der Waals surface area contributed by atoms with Crippen molar-refractivity contribution in [1.82, 2.24) is 0 Å². The van der Waals surface area contributed by atoms with Gasteiger partial charge in [-0.3, -0.25) is 0 Å². The fourth-order valence-corrected chi connectivity index (χ4v) is 1.13. The average Bonchev–Trinajstić information content (AvgIpc) is 1.69. The lowest BCUT2D eigenvalue weighted by atomic mass is 9.91. The van der Waals surface area contributed by atoms with E-state index in [1.807, 2.05) is 0 Å². The molecule has 1 rings (SSSR count). The third-order valence-electron chi connectivity index (χ3n) is 1.68. The summed E-state index contributed by atoms with van der Waals surface area (Å²) < 4.78 is 0. The molecule has 0 aromatic rings. The standard InChI is InChI=1S/C7H13/c1-7-5-3-2-4-6-7/h5,7H,2-4,6H2,1H3/q+1. The zero-order chi connectivity index (χ0) is 5.11. The van der Waals surface area contributed by atoms with Gasteiger partial charge in [-0.25, -0.2) is 0 Å². The van der Waals surface area contributed by atoms with Crippen molar-refractivity contribution in [2.45, 2.75) is 32.6 Å². The Balaban J connectivity index is 2.12. The molecule has 0 heteroatoms. The van der Waals surface area contributed by atoms with Gasteiger partial charge < -0.3 is 0 Å². The predicted octanol–water partition coefficient (Wildman–Crippen LogP) is 2.40. The average molecular weight is 97.2 g/mol. The molecule has 0 heterocycles. The lowest BCUT2D eigenvalue weighted by molar-refractivity contribution is 0.476. The second-order valence-corrected chi connectivity index (χ2v) is 2.50. The SMILES string of the molecule is CC1[CH+]CCCC1. The molecule has 1 atom stereocenters. The third-order valence-corrected chi connectivity index (χ3v) is 1.68. The Bertz CT molecular complexity index is 42.0. The Kier molecular flexibility index (Phi) is 1.61. The van der Waals surface area contributed by atoms with Gasteiger partial charge in [0.15, 0.2) is 0 Å². The molecule has 0 aromatic heterocycles. The molecular formula is C7H13+. The van der Waals surface area contributed by atoms with E-state index in [0.29, 0.717) is 0 Å². The summed E-state index contributed by atoms with van der Waals surface area (Å²) in [5, 5.41) is 0. The monoisotopic (exact) mass is 97.1 g/mol. The van der Waals surface area contributed by atoms with Crippen LogP contribution in [0.2, 0.25) is 0 Å². The van der Waals surface area contributed by atoms with E-state index in [9.17, 15) is 0 Å². The van der Waals surface area contributed by atoms with Gasteiger partial charge in [-0.15, -0.1) is 0 Å². The van der Waals surface area contributed by atoms with Crippen LogP contribution in [0.3, 0.4) is 0 Å². The lowest BCUT2D eigenvalue weighted by Gasteiger charge is -2.06. The van der Waals surface area contributed by atoms with Gasteiger partial charge in [0.05, 0.1) is 18.8 Å². The van der Waals surface area contributed by atoms with Crippen LogP contribution in [0.5, 0.6) is 0 Å². The molecule has 0 amide bonds. The predicted molar refractivity (Wildman–Crippen MR) is 31.9 cm³/mol. The van der Waals surface area contributed by atoms with Crippen LogP contribution in [0.15, 0.2) is 0 Å². The summed E-state index contributed by atoms with van der Waals surface area (Å²) in [5.41, 5.74) is 0. The maximum Gasteiger partial charge on any atom is 0.0949 e. The highest BCUT2D eigenvalue weighted by atomic mass is 14.1. The van der Waals surface area contributed by atoms with Crippen molar-refractivity contribution in [2.75, 3.05) is 0 Å². The van der Waals surface area contributed by atoms with Crippen LogP contribution in [0, 0.1) is 12.3 Å².